The highest BCUT2D eigenvalue weighted by Crippen LogP contribution is 2.32. The van der Waals surface area contributed by atoms with Crippen LogP contribution in [0, 0.1) is 31.1 Å². The highest BCUT2D eigenvalue weighted by Gasteiger charge is 2.40. The van der Waals surface area contributed by atoms with E-state index in [1.54, 1.807) is 30.9 Å². The van der Waals surface area contributed by atoms with Crippen LogP contribution in [-0.4, -0.2) is 54.8 Å². The number of aromatic nitrogens is 1. The van der Waals surface area contributed by atoms with Crippen LogP contribution in [-0.2, 0) is 21.2 Å². The number of anilines is 1. The lowest BCUT2D eigenvalue weighted by Crippen LogP contribution is -2.55. The van der Waals surface area contributed by atoms with E-state index in [1.807, 2.05) is 13.0 Å². The number of hydrogen-bond acceptors (Lipinski definition) is 7. The lowest BCUT2D eigenvalue weighted by Gasteiger charge is -2.41. The van der Waals surface area contributed by atoms with Gasteiger partial charge in [0.1, 0.15) is 11.9 Å². The monoisotopic (exact) mass is 456 g/mol. The number of aromatic carboxylic acids is 1. The van der Waals surface area contributed by atoms with E-state index >= 15 is 0 Å². The predicted octanol–water partition coefficient (Wildman–Crippen LogP) is 2.11. The average Bonchev–Trinajstić information content (AvgIpc) is 2.71. The zero-order valence-corrected chi connectivity index (χ0v) is 19.1. The summed E-state index contributed by atoms with van der Waals surface area (Å²) in [5.74, 6) is -1.96. The first kappa shape index (κ1) is 23.2. The van der Waals surface area contributed by atoms with E-state index in [-0.39, 0.29) is 34.8 Å². The van der Waals surface area contributed by atoms with Crippen LogP contribution in [0.5, 0.6) is 0 Å². The summed E-state index contributed by atoms with van der Waals surface area (Å²) in [6, 6.07) is 8.30. The number of sulfonamides is 1. The third-order valence-electron chi connectivity index (χ3n) is 5.66. The number of hydrogen-bond donors (Lipinski definition) is 1. The van der Waals surface area contributed by atoms with Gasteiger partial charge in [0.15, 0.2) is 0 Å². The third-order valence-corrected chi connectivity index (χ3v) is 7.43. The molecule has 10 heteroatoms. The number of carbonyl (C=O) groups is 2. The fourth-order valence-electron chi connectivity index (χ4n) is 3.78. The lowest BCUT2D eigenvalue weighted by molar-refractivity contribution is -0.130. The Labute approximate surface area is 187 Å². The number of carbonyl (C=O) groups excluding carboxylic acids is 1. The summed E-state index contributed by atoms with van der Waals surface area (Å²) in [7, 11) is -2.74. The summed E-state index contributed by atoms with van der Waals surface area (Å²) in [4.78, 5) is 30.5. The molecule has 2 aromatic rings. The molecule has 1 saturated heterocycles. The van der Waals surface area contributed by atoms with Crippen LogP contribution < -0.4 is 4.90 Å². The molecular weight excluding hydrogens is 432 g/mol. The molecule has 9 nitrogen and oxygen atoms in total. The van der Waals surface area contributed by atoms with Gasteiger partial charge in [-0.25, -0.2) is 22.5 Å². The van der Waals surface area contributed by atoms with Gasteiger partial charge in [-0.05, 0) is 38.0 Å². The number of benzene rings is 1. The normalized spacial score (nSPS) is 13.9. The summed E-state index contributed by atoms with van der Waals surface area (Å²) in [6.07, 6.45) is 0.342. The molecule has 168 valence electrons. The first-order chi connectivity index (χ1) is 15.0. The van der Waals surface area contributed by atoms with Crippen molar-refractivity contribution in [3.05, 3.63) is 52.2 Å². The molecule has 1 aromatic heterocycles. The van der Waals surface area contributed by atoms with E-state index in [0.29, 0.717) is 17.8 Å². The van der Waals surface area contributed by atoms with Gasteiger partial charge in [0.05, 0.1) is 27.6 Å². The van der Waals surface area contributed by atoms with Crippen molar-refractivity contribution in [2.24, 2.45) is 5.92 Å². The molecule has 1 aromatic carbocycles. The summed E-state index contributed by atoms with van der Waals surface area (Å²) in [5.41, 5.74) is 1.78. The number of nitriles is 1. The molecule has 1 N–H and O–H groups in total. The quantitative estimate of drug-likeness (QED) is 0.699. The summed E-state index contributed by atoms with van der Waals surface area (Å²) in [6.45, 7) is 5.54. The van der Waals surface area contributed by atoms with E-state index in [2.05, 4.69) is 4.98 Å². The minimum Gasteiger partial charge on any atom is -0.478 e. The maximum Gasteiger partial charge on any atom is 0.337 e. The van der Waals surface area contributed by atoms with Crippen molar-refractivity contribution in [1.29, 1.82) is 5.26 Å². The first-order valence-corrected chi connectivity index (χ1v) is 11.5. The minimum absolute atomic E-state index is 0.0184. The Morgan fingerprint density at radius 3 is 2.34 bits per heavy atom. The Kier molecular flexibility index (Phi) is 6.23. The van der Waals surface area contributed by atoms with E-state index in [4.69, 9.17) is 0 Å². The molecule has 3 rings (SSSR count). The molecule has 1 amide bonds. The van der Waals surface area contributed by atoms with Crippen LogP contribution in [0.1, 0.15) is 39.7 Å². The molecule has 32 heavy (non-hydrogen) atoms. The minimum atomic E-state index is -3.97. The van der Waals surface area contributed by atoms with E-state index in [9.17, 15) is 28.4 Å². The molecule has 1 fully saturated rings. The molecule has 0 unspecified atom stereocenters. The second-order valence-corrected chi connectivity index (χ2v) is 9.71. The number of rotatable bonds is 6. The van der Waals surface area contributed by atoms with Gasteiger partial charge in [0.25, 0.3) is 10.0 Å². The largest absolute Gasteiger partial charge is 0.478 e. The van der Waals surface area contributed by atoms with Crippen molar-refractivity contribution in [3.8, 4) is 6.07 Å². The summed E-state index contributed by atoms with van der Waals surface area (Å²) >= 11 is 0. The lowest BCUT2D eigenvalue weighted by atomic mass is 9.94. The van der Waals surface area contributed by atoms with E-state index < -0.39 is 27.8 Å². The fourth-order valence-corrected chi connectivity index (χ4v) is 4.97. The molecule has 0 atom stereocenters. The van der Waals surface area contributed by atoms with Gasteiger partial charge in [-0.15, -0.1) is 0 Å². The van der Waals surface area contributed by atoms with Crippen LogP contribution >= 0.6 is 0 Å². The number of amides is 1. The SMILES string of the molecule is CCc1c(C#N)c(N2CC(C(=O)N(C)S(=O)(=O)c3ccc(C)cc3)C2)nc(C)c1C(=O)O. The van der Waals surface area contributed by atoms with Crippen LogP contribution in [0.25, 0.3) is 0 Å². The third kappa shape index (κ3) is 3.91. The number of pyridine rings is 1. The van der Waals surface area contributed by atoms with E-state index in [1.165, 1.54) is 19.2 Å². The summed E-state index contributed by atoms with van der Waals surface area (Å²) < 4.78 is 26.3. The second-order valence-electron chi connectivity index (χ2n) is 7.75. The molecule has 0 radical (unpaired) electrons. The van der Waals surface area contributed by atoms with Crippen LogP contribution in [0.3, 0.4) is 0 Å². The molecule has 0 bridgehead atoms. The van der Waals surface area contributed by atoms with Gasteiger partial charge in [0, 0.05) is 20.1 Å². The van der Waals surface area contributed by atoms with Crippen LogP contribution in [0.4, 0.5) is 5.82 Å². The molecule has 0 spiro atoms. The van der Waals surface area contributed by atoms with Gasteiger partial charge >= 0.3 is 5.97 Å². The van der Waals surface area contributed by atoms with Crippen molar-refractivity contribution < 1.29 is 23.1 Å². The zero-order valence-electron chi connectivity index (χ0n) is 18.3. The topological polar surface area (TPSA) is 132 Å². The van der Waals surface area contributed by atoms with Gasteiger partial charge in [0.2, 0.25) is 5.91 Å². The Morgan fingerprint density at radius 2 is 1.84 bits per heavy atom. The highest BCUT2D eigenvalue weighted by molar-refractivity contribution is 7.89. The first-order valence-electron chi connectivity index (χ1n) is 10.0. The number of carboxylic acid groups (broad SMARTS) is 1. The van der Waals surface area contributed by atoms with Gasteiger partial charge in [-0.1, -0.05) is 24.6 Å². The van der Waals surface area contributed by atoms with Crippen molar-refractivity contribution >= 4 is 27.7 Å². The van der Waals surface area contributed by atoms with Crippen molar-refractivity contribution in [3.63, 3.8) is 0 Å². The van der Waals surface area contributed by atoms with Crippen LogP contribution in [0.2, 0.25) is 0 Å². The molecule has 2 heterocycles. The number of aryl methyl sites for hydroxylation is 2. The Bertz CT molecular complexity index is 1230. The Balaban J connectivity index is 1.82. The second kappa shape index (κ2) is 8.59. The Hall–Kier alpha value is -3.45. The van der Waals surface area contributed by atoms with Crippen molar-refractivity contribution in [2.45, 2.75) is 32.1 Å². The van der Waals surface area contributed by atoms with Gasteiger partial charge < -0.3 is 10.0 Å². The average molecular weight is 457 g/mol. The van der Waals surface area contributed by atoms with Gasteiger partial charge in [-0.3, -0.25) is 4.79 Å². The smallest absolute Gasteiger partial charge is 0.337 e. The maximum atomic E-state index is 12.8. The summed E-state index contributed by atoms with van der Waals surface area (Å²) in [5, 5.41) is 19.1. The van der Waals surface area contributed by atoms with E-state index in [0.717, 1.165) is 9.87 Å². The van der Waals surface area contributed by atoms with Crippen molar-refractivity contribution in [2.75, 3.05) is 25.0 Å². The van der Waals surface area contributed by atoms with Crippen LogP contribution in [0.15, 0.2) is 29.2 Å². The number of carboxylic acids is 1. The zero-order chi connectivity index (χ0) is 23.8. The molecule has 0 aliphatic carbocycles. The maximum absolute atomic E-state index is 12.8. The van der Waals surface area contributed by atoms with Crippen molar-refractivity contribution in [1.82, 2.24) is 9.29 Å². The molecule has 1 aliphatic heterocycles. The Morgan fingerprint density at radius 1 is 1.25 bits per heavy atom. The predicted molar refractivity (Wildman–Crippen MR) is 117 cm³/mol. The van der Waals surface area contributed by atoms with Gasteiger partial charge in [-0.2, -0.15) is 5.26 Å². The fraction of sp³-hybridized carbons (Fsp3) is 0.364. The standard InChI is InChI=1S/C22H24N4O5S/c1-5-17-18(10-23)20(24-14(3)19(17)22(28)29)26-11-15(12-26)21(27)25(4)32(30,31)16-8-6-13(2)7-9-16/h6-9,15H,5,11-12H2,1-4H3,(H,28,29). The molecule has 1 aliphatic rings. The molecular formula is C22H24N4O5S. The number of nitrogens with zero attached hydrogens (tertiary/aromatic N) is 4. The highest BCUT2D eigenvalue weighted by atomic mass is 32.2. The molecule has 0 saturated carbocycles.